The molecule has 0 bridgehead atoms. The van der Waals surface area contributed by atoms with Crippen LogP contribution in [0.15, 0.2) is 10.9 Å². The van der Waals surface area contributed by atoms with Crippen LogP contribution in [0.4, 0.5) is 0 Å². The first kappa shape index (κ1) is 11.9. The van der Waals surface area contributed by atoms with E-state index in [0.29, 0.717) is 11.3 Å². The Morgan fingerprint density at radius 1 is 1.62 bits per heavy atom. The van der Waals surface area contributed by atoms with Crippen LogP contribution in [0.3, 0.4) is 0 Å². The number of pyridine rings is 1. The summed E-state index contributed by atoms with van der Waals surface area (Å²) in [4.78, 5) is 22.9. The number of hydrogen-bond acceptors (Lipinski definition) is 4. The maximum absolute atomic E-state index is 11.8. The highest BCUT2D eigenvalue weighted by Crippen LogP contribution is 2.04. The summed E-state index contributed by atoms with van der Waals surface area (Å²) in [5.74, 6) is 4.45. The predicted molar refractivity (Wildman–Crippen MR) is 57.2 cm³/mol. The van der Waals surface area contributed by atoms with E-state index >= 15 is 0 Å². The fraction of sp³-hybridized carbons (Fsp3) is 0.300. The summed E-state index contributed by atoms with van der Waals surface area (Å²) in [6.07, 6.45) is 0. The molecule has 0 aliphatic heterocycles. The van der Waals surface area contributed by atoms with E-state index in [0.717, 1.165) is 0 Å². The first-order chi connectivity index (χ1) is 7.51. The third-order valence-electron chi connectivity index (χ3n) is 2.28. The normalized spacial score (nSPS) is 9.62. The average Bonchev–Trinajstić information content (AvgIpc) is 2.24. The topological polar surface area (TPSA) is 101 Å². The zero-order valence-electron chi connectivity index (χ0n) is 9.07. The van der Waals surface area contributed by atoms with Crippen LogP contribution in [-0.4, -0.2) is 10.5 Å². The van der Waals surface area contributed by atoms with Crippen molar-refractivity contribution >= 4 is 5.91 Å². The minimum atomic E-state index is -0.488. The van der Waals surface area contributed by atoms with Crippen molar-refractivity contribution in [2.45, 2.75) is 20.4 Å². The number of aromatic nitrogens is 1. The van der Waals surface area contributed by atoms with Crippen molar-refractivity contribution in [3.63, 3.8) is 0 Å². The standard InChI is InChI=1S/C10H12N4O2/c1-6-3-7(2)14(5-9(15)13-12)10(16)8(6)4-11/h3H,5,12H2,1-2H3,(H,13,15). The molecule has 84 valence electrons. The number of hydrazine groups is 1. The Hall–Kier alpha value is -2.13. The Kier molecular flexibility index (Phi) is 3.43. The molecule has 0 aliphatic rings. The summed E-state index contributed by atoms with van der Waals surface area (Å²) < 4.78 is 1.22. The first-order valence-electron chi connectivity index (χ1n) is 4.61. The van der Waals surface area contributed by atoms with Crippen molar-refractivity contribution < 1.29 is 4.79 Å². The molecule has 6 nitrogen and oxygen atoms in total. The molecule has 16 heavy (non-hydrogen) atoms. The Morgan fingerprint density at radius 3 is 2.75 bits per heavy atom. The molecule has 0 atom stereocenters. The molecule has 0 aromatic carbocycles. The van der Waals surface area contributed by atoms with Crippen LogP contribution in [0.2, 0.25) is 0 Å². The fourth-order valence-corrected chi connectivity index (χ4v) is 1.45. The van der Waals surface area contributed by atoms with E-state index in [2.05, 4.69) is 0 Å². The number of carbonyl (C=O) groups is 1. The second-order valence-electron chi connectivity index (χ2n) is 3.41. The van der Waals surface area contributed by atoms with Crippen LogP contribution in [0, 0.1) is 25.2 Å². The summed E-state index contributed by atoms with van der Waals surface area (Å²) in [6, 6.07) is 3.51. The average molecular weight is 220 g/mol. The molecule has 0 radical (unpaired) electrons. The van der Waals surface area contributed by atoms with Crippen LogP contribution in [0.5, 0.6) is 0 Å². The molecule has 1 aromatic heterocycles. The lowest BCUT2D eigenvalue weighted by Gasteiger charge is -2.10. The van der Waals surface area contributed by atoms with Gasteiger partial charge in [0.05, 0.1) is 0 Å². The lowest BCUT2D eigenvalue weighted by atomic mass is 10.1. The number of aryl methyl sites for hydroxylation is 2. The molecule has 1 aromatic rings. The molecule has 1 heterocycles. The second kappa shape index (κ2) is 4.59. The largest absolute Gasteiger partial charge is 0.302 e. The van der Waals surface area contributed by atoms with Crippen LogP contribution in [0.25, 0.3) is 0 Å². The van der Waals surface area contributed by atoms with Gasteiger partial charge in [0.25, 0.3) is 11.5 Å². The van der Waals surface area contributed by atoms with Gasteiger partial charge in [-0.25, -0.2) is 5.84 Å². The zero-order chi connectivity index (χ0) is 12.3. The van der Waals surface area contributed by atoms with Gasteiger partial charge in [0, 0.05) is 5.69 Å². The van der Waals surface area contributed by atoms with Crippen LogP contribution < -0.4 is 16.8 Å². The maximum Gasteiger partial charge on any atom is 0.269 e. The summed E-state index contributed by atoms with van der Waals surface area (Å²) >= 11 is 0. The molecule has 1 amide bonds. The molecule has 1 rings (SSSR count). The predicted octanol–water partition coefficient (Wildman–Crippen LogP) is -0.673. The van der Waals surface area contributed by atoms with Crippen molar-refractivity contribution in [3.8, 4) is 6.07 Å². The zero-order valence-corrected chi connectivity index (χ0v) is 9.07. The summed E-state index contributed by atoms with van der Waals surface area (Å²) in [6.45, 7) is 3.19. The lowest BCUT2D eigenvalue weighted by molar-refractivity contribution is -0.121. The van der Waals surface area contributed by atoms with Gasteiger partial charge < -0.3 is 4.57 Å². The summed E-state index contributed by atoms with van der Waals surface area (Å²) in [7, 11) is 0. The quantitative estimate of drug-likeness (QED) is 0.392. The molecular weight excluding hydrogens is 208 g/mol. The Balaban J connectivity index is 3.36. The Labute approximate surface area is 92.3 Å². The summed E-state index contributed by atoms with van der Waals surface area (Å²) in [5.41, 5.74) is 2.74. The van der Waals surface area contributed by atoms with Gasteiger partial charge in [0.1, 0.15) is 18.2 Å². The molecule has 3 N–H and O–H groups in total. The van der Waals surface area contributed by atoms with Gasteiger partial charge in [-0.05, 0) is 25.5 Å². The number of nitrogens with two attached hydrogens (primary N) is 1. The third kappa shape index (κ3) is 2.10. The molecule has 0 unspecified atom stereocenters. The van der Waals surface area contributed by atoms with E-state index in [1.54, 1.807) is 19.9 Å². The van der Waals surface area contributed by atoms with Crippen molar-refractivity contribution in [1.82, 2.24) is 9.99 Å². The highest BCUT2D eigenvalue weighted by Gasteiger charge is 2.11. The highest BCUT2D eigenvalue weighted by atomic mass is 16.2. The molecule has 0 fully saturated rings. The van der Waals surface area contributed by atoms with Crippen LogP contribution >= 0.6 is 0 Å². The van der Waals surface area contributed by atoms with Crippen molar-refractivity contribution in [1.29, 1.82) is 5.26 Å². The van der Waals surface area contributed by atoms with Crippen molar-refractivity contribution in [2.24, 2.45) is 5.84 Å². The maximum atomic E-state index is 11.8. The number of rotatable bonds is 2. The Morgan fingerprint density at radius 2 is 2.25 bits per heavy atom. The van der Waals surface area contributed by atoms with Gasteiger partial charge in [-0.15, -0.1) is 0 Å². The number of hydrogen-bond donors (Lipinski definition) is 2. The first-order valence-corrected chi connectivity index (χ1v) is 4.61. The van der Waals surface area contributed by atoms with Crippen LogP contribution in [0.1, 0.15) is 16.8 Å². The van der Waals surface area contributed by atoms with E-state index < -0.39 is 11.5 Å². The van der Waals surface area contributed by atoms with Gasteiger partial charge in [-0.3, -0.25) is 15.0 Å². The van der Waals surface area contributed by atoms with E-state index in [9.17, 15) is 9.59 Å². The van der Waals surface area contributed by atoms with E-state index in [4.69, 9.17) is 11.1 Å². The third-order valence-corrected chi connectivity index (χ3v) is 2.28. The van der Waals surface area contributed by atoms with E-state index in [1.165, 1.54) is 4.57 Å². The SMILES string of the molecule is Cc1cc(C)n(CC(=O)NN)c(=O)c1C#N. The summed E-state index contributed by atoms with van der Waals surface area (Å²) in [5, 5.41) is 8.82. The smallest absolute Gasteiger partial charge is 0.269 e. The highest BCUT2D eigenvalue weighted by molar-refractivity contribution is 5.75. The number of nitrogens with zero attached hydrogens (tertiary/aromatic N) is 2. The molecule has 0 saturated heterocycles. The van der Waals surface area contributed by atoms with Gasteiger partial charge in [-0.2, -0.15) is 5.26 Å². The van der Waals surface area contributed by atoms with E-state index in [-0.39, 0.29) is 12.1 Å². The van der Waals surface area contributed by atoms with Crippen molar-refractivity contribution in [2.75, 3.05) is 0 Å². The molecule has 0 saturated carbocycles. The Bertz CT molecular complexity index is 525. The second-order valence-corrected chi connectivity index (χ2v) is 3.41. The number of nitriles is 1. The number of carbonyl (C=O) groups excluding carboxylic acids is 1. The number of nitrogens with one attached hydrogen (secondary N) is 1. The van der Waals surface area contributed by atoms with E-state index in [1.807, 2.05) is 11.5 Å². The van der Waals surface area contributed by atoms with Crippen molar-refractivity contribution in [3.05, 3.63) is 33.2 Å². The van der Waals surface area contributed by atoms with Gasteiger partial charge in [0.15, 0.2) is 0 Å². The van der Waals surface area contributed by atoms with Gasteiger partial charge in [0.2, 0.25) is 0 Å². The number of amides is 1. The van der Waals surface area contributed by atoms with Gasteiger partial charge >= 0.3 is 0 Å². The van der Waals surface area contributed by atoms with Gasteiger partial charge in [-0.1, -0.05) is 0 Å². The molecule has 0 aliphatic carbocycles. The lowest BCUT2D eigenvalue weighted by Crippen LogP contribution is -2.37. The molecule has 0 spiro atoms. The monoisotopic (exact) mass is 220 g/mol. The minimum Gasteiger partial charge on any atom is -0.302 e. The minimum absolute atomic E-state index is 0.0513. The molecule has 6 heteroatoms. The molecular formula is C10H12N4O2. The van der Waals surface area contributed by atoms with Crippen LogP contribution in [-0.2, 0) is 11.3 Å². The fourth-order valence-electron chi connectivity index (χ4n) is 1.45.